The molecule has 1 aliphatic heterocycles. The van der Waals surface area contributed by atoms with Crippen LogP contribution in [0.25, 0.3) is 0 Å². The molecular formula is C18H17N3O3. The lowest BCUT2D eigenvalue weighted by Crippen LogP contribution is -2.43. The SMILES string of the molecule is CC(=O)N(CN1C(=O)c2ccc(N)cc2C1=O)c1ccccc1C. The largest absolute Gasteiger partial charge is 0.399 e. The molecule has 0 saturated heterocycles. The summed E-state index contributed by atoms with van der Waals surface area (Å²) in [6, 6.07) is 11.9. The van der Waals surface area contributed by atoms with Crippen molar-refractivity contribution in [2.75, 3.05) is 17.3 Å². The average Bonchev–Trinajstić information content (AvgIpc) is 2.77. The van der Waals surface area contributed by atoms with E-state index in [4.69, 9.17) is 5.73 Å². The normalized spacial score (nSPS) is 13.2. The van der Waals surface area contributed by atoms with Gasteiger partial charge >= 0.3 is 0 Å². The second-order valence-corrected chi connectivity index (χ2v) is 5.72. The minimum absolute atomic E-state index is 0.133. The summed E-state index contributed by atoms with van der Waals surface area (Å²) in [6.45, 7) is 3.14. The molecule has 6 heteroatoms. The summed E-state index contributed by atoms with van der Waals surface area (Å²) in [6.07, 6.45) is 0. The highest BCUT2D eigenvalue weighted by Gasteiger charge is 2.37. The first-order valence-electron chi connectivity index (χ1n) is 7.49. The molecule has 0 aromatic heterocycles. The number of carbonyl (C=O) groups is 3. The Labute approximate surface area is 139 Å². The summed E-state index contributed by atoms with van der Waals surface area (Å²) in [5, 5.41) is 0. The van der Waals surface area contributed by atoms with E-state index in [-0.39, 0.29) is 18.1 Å². The maximum Gasteiger partial charge on any atom is 0.263 e. The molecule has 122 valence electrons. The van der Waals surface area contributed by atoms with Gasteiger partial charge in [0, 0.05) is 18.3 Å². The fourth-order valence-electron chi connectivity index (χ4n) is 2.79. The van der Waals surface area contributed by atoms with Crippen LogP contribution in [-0.4, -0.2) is 29.3 Å². The van der Waals surface area contributed by atoms with E-state index in [1.54, 1.807) is 18.2 Å². The van der Waals surface area contributed by atoms with Crippen LogP contribution >= 0.6 is 0 Å². The Hall–Kier alpha value is -3.15. The zero-order valence-corrected chi connectivity index (χ0v) is 13.4. The lowest BCUT2D eigenvalue weighted by molar-refractivity contribution is -0.116. The summed E-state index contributed by atoms with van der Waals surface area (Å²) in [5.74, 6) is -1.11. The van der Waals surface area contributed by atoms with Crippen molar-refractivity contribution in [1.29, 1.82) is 0 Å². The van der Waals surface area contributed by atoms with Gasteiger partial charge in [0.15, 0.2) is 0 Å². The third kappa shape index (κ3) is 2.52. The van der Waals surface area contributed by atoms with Crippen molar-refractivity contribution < 1.29 is 14.4 Å². The minimum atomic E-state index is -0.442. The van der Waals surface area contributed by atoms with E-state index < -0.39 is 11.8 Å². The maximum atomic E-state index is 12.5. The number of anilines is 2. The van der Waals surface area contributed by atoms with Gasteiger partial charge in [0.25, 0.3) is 11.8 Å². The van der Waals surface area contributed by atoms with E-state index in [0.717, 1.165) is 10.5 Å². The topological polar surface area (TPSA) is 83.7 Å². The summed E-state index contributed by atoms with van der Waals surface area (Å²) < 4.78 is 0. The van der Waals surface area contributed by atoms with Gasteiger partial charge in [0.1, 0.15) is 6.67 Å². The second kappa shape index (κ2) is 5.81. The van der Waals surface area contributed by atoms with Crippen molar-refractivity contribution >= 4 is 29.1 Å². The van der Waals surface area contributed by atoms with E-state index >= 15 is 0 Å². The van der Waals surface area contributed by atoms with E-state index in [1.165, 1.54) is 24.0 Å². The lowest BCUT2D eigenvalue weighted by atomic mass is 10.1. The summed E-state index contributed by atoms with van der Waals surface area (Å²) >= 11 is 0. The van der Waals surface area contributed by atoms with Gasteiger partial charge in [0.2, 0.25) is 5.91 Å². The summed E-state index contributed by atoms with van der Waals surface area (Å²) in [4.78, 5) is 39.6. The minimum Gasteiger partial charge on any atom is -0.399 e. The predicted octanol–water partition coefficient (Wildman–Crippen LogP) is 2.18. The number of hydrogen-bond donors (Lipinski definition) is 1. The standard InChI is InChI=1S/C18H17N3O3/c1-11-5-3-4-6-16(11)20(12(2)22)10-21-17(23)14-8-7-13(19)9-15(14)18(21)24/h3-9H,10,19H2,1-2H3. The van der Waals surface area contributed by atoms with Crippen LogP contribution in [-0.2, 0) is 4.79 Å². The number of carbonyl (C=O) groups excluding carboxylic acids is 3. The molecule has 2 aromatic carbocycles. The van der Waals surface area contributed by atoms with Crippen molar-refractivity contribution in [2.24, 2.45) is 0 Å². The van der Waals surface area contributed by atoms with Crippen LogP contribution in [0.15, 0.2) is 42.5 Å². The molecule has 24 heavy (non-hydrogen) atoms. The number of imide groups is 1. The zero-order chi connectivity index (χ0) is 17.4. The molecule has 0 unspecified atom stereocenters. The van der Waals surface area contributed by atoms with Gasteiger partial charge in [-0.05, 0) is 36.8 Å². The van der Waals surface area contributed by atoms with Gasteiger partial charge in [-0.1, -0.05) is 18.2 Å². The molecule has 3 amide bonds. The van der Waals surface area contributed by atoms with Gasteiger partial charge < -0.3 is 5.73 Å². The van der Waals surface area contributed by atoms with Crippen LogP contribution in [0.4, 0.5) is 11.4 Å². The summed E-state index contributed by atoms with van der Waals surface area (Å²) in [7, 11) is 0. The van der Waals surface area contributed by atoms with Gasteiger partial charge in [-0.25, -0.2) is 0 Å². The maximum absolute atomic E-state index is 12.5. The molecule has 0 spiro atoms. The van der Waals surface area contributed by atoms with Crippen LogP contribution in [0.3, 0.4) is 0 Å². The second-order valence-electron chi connectivity index (χ2n) is 5.72. The number of nitrogens with zero attached hydrogens (tertiary/aromatic N) is 2. The fraction of sp³-hybridized carbons (Fsp3) is 0.167. The third-order valence-corrected chi connectivity index (χ3v) is 4.06. The smallest absolute Gasteiger partial charge is 0.263 e. The molecule has 1 heterocycles. The van der Waals surface area contributed by atoms with Gasteiger partial charge in [0.05, 0.1) is 11.1 Å². The van der Waals surface area contributed by atoms with E-state index in [2.05, 4.69) is 0 Å². The number of rotatable bonds is 3. The molecule has 0 radical (unpaired) electrons. The lowest BCUT2D eigenvalue weighted by Gasteiger charge is -2.27. The Kier molecular flexibility index (Phi) is 3.81. The van der Waals surface area contributed by atoms with Crippen LogP contribution in [0.2, 0.25) is 0 Å². The number of nitrogen functional groups attached to an aromatic ring is 1. The number of aryl methyl sites for hydroxylation is 1. The van der Waals surface area contributed by atoms with Crippen LogP contribution < -0.4 is 10.6 Å². The number of para-hydroxylation sites is 1. The van der Waals surface area contributed by atoms with E-state index in [0.29, 0.717) is 16.9 Å². The molecular weight excluding hydrogens is 306 g/mol. The first-order valence-corrected chi connectivity index (χ1v) is 7.49. The van der Waals surface area contributed by atoms with Crippen molar-refractivity contribution in [3.05, 3.63) is 59.2 Å². The van der Waals surface area contributed by atoms with Crippen molar-refractivity contribution in [1.82, 2.24) is 4.90 Å². The third-order valence-electron chi connectivity index (χ3n) is 4.06. The first kappa shape index (κ1) is 15.7. The van der Waals surface area contributed by atoms with E-state index in [9.17, 15) is 14.4 Å². The Balaban J connectivity index is 1.95. The number of hydrogen-bond acceptors (Lipinski definition) is 4. The predicted molar refractivity (Wildman–Crippen MR) is 90.6 cm³/mol. The Morgan fingerprint density at radius 2 is 1.75 bits per heavy atom. The quantitative estimate of drug-likeness (QED) is 0.693. The van der Waals surface area contributed by atoms with Gasteiger partial charge in [-0.2, -0.15) is 0 Å². The molecule has 0 fully saturated rings. The Morgan fingerprint density at radius 3 is 2.42 bits per heavy atom. The van der Waals surface area contributed by atoms with Crippen molar-refractivity contribution in [3.8, 4) is 0 Å². The Bertz CT molecular complexity index is 860. The molecule has 0 bridgehead atoms. The van der Waals surface area contributed by atoms with Crippen molar-refractivity contribution in [2.45, 2.75) is 13.8 Å². The molecule has 0 atom stereocenters. The highest BCUT2D eigenvalue weighted by molar-refractivity contribution is 6.22. The molecule has 6 nitrogen and oxygen atoms in total. The van der Waals surface area contributed by atoms with Crippen molar-refractivity contribution in [3.63, 3.8) is 0 Å². The van der Waals surface area contributed by atoms with Gasteiger partial charge in [-0.15, -0.1) is 0 Å². The molecule has 2 N–H and O–H groups in total. The molecule has 1 aliphatic rings. The first-order chi connectivity index (χ1) is 11.4. The molecule has 3 rings (SSSR count). The van der Waals surface area contributed by atoms with Crippen LogP contribution in [0.5, 0.6) is 0 Å². The van der Waals surface area contributed by atoms with Gasteiger partial charge in [-0.3, -0.25) is 24.2 Å². The number of nitrogens with two attached hydrogens (primary N) is 1. The Morgan fingerprint density at radius 1 is 1.08 bits per heavy atom. The molecule has 2 aromatic rings. The monoisotopic (exact) mass is 323 g/mol. The highest BCUT2D eigenvalue weighted by atomic mass is 16.2. The zero-order valence-electron chi connectivity index (χ0n) is 13.4. The number of benzene rings is 2. The van der Waals surface area contributed by atoms with Crippen LogP contribution in [0, 0.1) is 6.92 Å². The summed E-state index contributed by atoms with van der Waals surface area (Å²) in [5.41, 5.74) is 8.24. The number of fused-ring (bicyclic) bond motifs is 1. The van der Waals surface area contributed by atoms with E-state index in [1.807, 2.05) is 19.1 Å². The van der Waals surface area contributed by atoms with Crippen LogP contribution in [0.1, 0.15) is 33.2 Å². The fourth-order valence-corrected chi connectivity index (χ4v) is 2.79. The molecule has 0 aliphatic carbocycles. The number of amides is 3. The highest BCUT2D eigenvalue weighted by Crippen LogP contribution is 2.27. The molecule has 0 saturated carbocycles. The average molecular weight is 323 g/mol.